The van der Waals surface area contributed by atoms with Crippen LogP contribution in [-0.2, 0) is 4.79 Å². The van der Waals surface area contributed by atoms with Crippen molar-refractivity contribution in [3.05, 3.63) is 45.2 Å². The number of benzene rings is 1. The van der Waals surface area contributed by atoms with Crippen molar-refractivity contribution in [3.63, 3.8) is 0 Å². The zero-order valence-corrected chi connectivity index (χ0v) is 16.4. The Hall–Kier alpha value is -2.12. The van der Waals surface area contributed by atoms with E-state index in [1.165, 1.54) is 12.1 Å². The number of hydrogen-bond acceptors (Lipinski definition) is 4. The van der Waals surface area contributed by atoms with E-state index >= 15 is 0 Å². The summed E-state index contributed by atoms with van der Waals surface area (Å²) in [5.41, 5.74) is 0.364. The van der Waals surface area contributed by atoms with Crippen LogP contribution in [0.25, 0.3) is 16.8 Å². The van der Waals surface area contributed by atoms with Gasteiger partial charge in [-0.15, -0.1) is 0 Å². The van der Waals surface area contributed by atoms with Crippen molar-refractivity contribution in [2.24, 2.45) is 0 Å². The molecule has 0 radical (unpaired) electrons. The first-order chi connectivity index (χ1) is 12.4. The minimum atomic E-state index is -5.26. The number of carbonyl (C=O) groups excluding carboxylic acids is 1. The average molecular weight is 468 g/mol. The van der Waals surface area contributed by atoms with E-state index in [4.69, 9.17) is 16.1 Å². The van der Waals surface area contributed by atoms with E-state index in [0.29, 0.717) is 0 Å². The molecule has 5 nitrogen and oxygen atoms in total. The molecule has 144 valence electrons. The summed E-state index contributed by atoms with van der Waals surface area (Å²) in [5.74, 6) is -5.85. The number of rotatable bonds is 5. The van der Waals surface area contributed by atoms with Crippen LogP contribution in [0.15, 0.2) is 27.6 Å². The Morgan fingerprint density at radius 3 is 2.41 bits per heavy atom. The Bertz CT molecular complexity index is 917. The summed E-state index contributed by atoms with van der Waals surface area (Å²) >= 11 is 3.89. The van der Waals surface area contributed by atoms with Gasteiger partial charge in [-0.25, -0.2) is 0 Å². The molecule has 11 heteroatoms. The van der Waals surface area contributed by atoms with Crippen LogP contribution in [0.1, 0.15) is 16.1 Å². The number of Topliss-reactive ketones (excluding diaryl/α,β-unsaturated/α-hetero) is 1. The van der Waals surface area contributed by atoms with E-state index in [2.05, 4.69) is 5.16 Å². The molecule has 0 aliphatic carbocycles. The van der Waals surface area contributed by atoms with Gasteiger partial charge in [-0.1, -0.05) is 0 Å². The Morgan fingerprint density at radius 2 is 1.93 bits per heavy atom. The second-order valence-corrected chi connectivity index (χ2v) is 10.5. The molecule has 0 atom stereocenters. The van der Waals surface area contributed by atoms with Crippen LogP contribution < -0.4 is 0 Å². The van der Waals surface area contributed by atoms with Crippen molar-refractivity contribution >= 4 is 43.6 Å². The molecule has 0 saturated carbocycles. The number of aromatic nitrogens is 1. The standard InChI is InChI=1S/C16H11AsClF4NO4/c1-17(2)6-7(14(24)16(20,21)22)13-11(15(25)26)12(23-27-13)10-8(18)4-3-5-9(10)19/h3-6H,1-2H3,(H,25,26)/b7-6-. The SMILES string of the molecule is C[As](C)/C=C(\C(=O)C(F)(F)F)c1onc(-c2c(F)cccc2Cl)c1C(=O)O. The van der Waals surface area contributed by atoms with Crippen LogP contribution in [0.3, 0.4) is 0 Å². The zero-order valence-electron chi connectivity index (χ0n) is 13.8. The molecular formula is C16H11AsClF4NO4. The van der Waals surface area contributed by atoms with Crippen molar-refractivity contribution in [2.75, 3.05) is 0 Å². The number of halogens is 5. The predicted octanol–water partition coefficient (Wildman–Crippen LogP) is 4.64. The molecule has 1 N–H and O–H groups in total. The normalized spacial score (nSPS) is 12.5. The Morgan fingerprint density at radius 1 is 1.30 bits per heavy atom. The van der Waals surface area contributed by atoms with E-state index in [-0.39, 0.29) is 5.02 Å². The molecule has 1 heterocycles. The summed E-state index contributed by atoms with van der Waals surface area (Å²) in [4.78, 5) is 24.5. The molecule has 27 heavy (non-hydrogen) atoms. The van der Waals surface area contributed by atoms with Crippen LogP contribution in [-0.4, -0.2) is 42.8 Å². The molecule has 0 aliphatic rings. The van der Waals surface area contributed by atoms with Crippen molar-refractivity contribution in [3.8, 4) is 11.3 Å². The number of ketones is 1. The number of alkyl halides is 3. The first kappa shape index (κ1) is 21.2. The van der Waals surface area contributed by atoms with Crippen molar-refractivity contribution in [1.82, 2.24) is 5.16 Å². The summed E-state index contributed by atoms with van der Waals surface area (Å²) in [6.07, 6.45) is -5.26. The zero-order chi connectivity index (χ0) is 20.5. The summed E-state index contributed by atoms with van der Waals surface area (Å²) in [6.45, 7) is 0. The van der Waals surface area contributed by atoms with Crippen LogP contribution in [0.5, 0.6) is 0 Å². The first-order valence-electron chi connectivity index (χ1n) is 7.12. The van der Waals surface area contributed by atoms with Gasteiger partial charge >= 0.3 is 160 Å². The number of hydrogen-bond donors (Lipinski definition) is 1. The van der Waals surface area contributed by atoms with Gasteiger partial charge in [0.15, 0.2) is 0 Å². The number of carboxylic acids is 1. The number of nitrogens with zero attached hydrogens (tertiary/aromatic N) is 1. The van der Waals surface area contributed by atoms with Gasteiger partial charge in [-0.2, -0.15) is 0 Å². The molecule has 0 unspecified atom stereocenters. The fourth-order valence-corrected chi connectivity index (χ4v) is 4.03. The summed E-state index contributed by atoms with van der Waals surface area (Å²) in [7, 11) is 0. The van der Waals surface area contributed by atoms with Crippen LogP contribution in [0.4, 0.5) is 17.6 Å². The Labute approximate surface area is 159 Å². The van der Waals surface area contributed by atoms with Gasteiger partial charge in [0.2, 0.25) is 0 Å². The predicted molar refractivity (Wildman–Crippen MR) is 90.4 cm³/mol. The Kier molecular flexibility index (Phi) is 6.17. The van der Waals surface area contributed by atoms with E-state index in [1.807, 2.05) is 0 Å². The molecule has 2 aromatic rings. The molecule has 0 amide bonds. The molecule has 2 rings (SSSR count). The number of allylic oxidation sites excluding steroid dienone is 1. The molecular weight excluding hydrogens is 457 g/mol. The third-order valence-electron chi connectivity index (χ3n) is 3.24. The van der Waals surface area contributed by atoms with Crippen molar-refractivity contribution in [2.45, 2.75) is 17.6 Å². The molecule has 0 bridgehead atoms. The topological polar surface area (TPSA) is 80.4 Å². The second kappa shape index (κ2) is 7.86. The van der Waals surface area contributed by atoms with E-state index in [0.717, 1.165) is 10.9 Å². The molecule has 0 spiro atoms. The van der Waals surface area contributed by atoms with Crippen LogP contribution >= 0.6 is 11.6 Å². The number of carboxylic acid groups (broad SMARTS) is 1. The van der Waals surface area contributed by atoms with Crippen LogP contribution in [0.2, 0.25) is 16.4 Å². The second-order valence-electron chi connectivity index (χ2n) is 5.47. The average Bonchev–Trinajstić information content (AvgIpc) is 2.95. The maximum absolute atomic E-state index is 14.1. The third-order valence-corrected chi connectivity index (χ3v) is 5.18. The van der Waals surface area contributed by atoms with Gasteiger partial charge in [0.25, 0.3) is 0 Å². The first-order valence-corrected chi connectivity index (χ1v) is 12.3. The number of aromatic carboxylic acids is 1. The third kappa shape index (κ3) is 4.42. The number of carbonyl (C=O) groups is 2. The molecule has 1 aromatic heterocycles. The fraction of sp³-hybridized carbons (Fsp3) is 0.188. The van der Waals surface area contributed by atoms with Gasteiger partial charge in [-0.05, 0) is 0 Å². The molecule has 0 aliphatic heterocycles. The van der Waals surface area contributed by atoms with E-state index in [1.54, 1.807) is 11.4 Å². The molecule has 0 fully saturated rings. The van der Waals surface area contributed by atoms with E-state index < -0.39 is 66.6 Å². The van der Waals surface area contributed by atoms with Crippen molar-refractivity contribution in [1.29, 1.82) is 0 Å². The van der Waals surface area contributed by atoms with Crippen LogP contribution in [0, 0.1) is 5.82 Å². The summed E-state index contributed by atoms with van der Waals surface area (Å²) in [5, 5.41) is 12.7. The van der Waals surface area contributed by atoms with Crippen molar-refractivity contribution < 1.29 is 36.8 Å². The van der Waals surface area contributed by atoms with E-state index in [9.17, 15) is 32.3 Å². The Balaban J connectivity index is 2.80. The fourth-order valence-electron chi connectivity index (χ4n) is 2.20. The van der Waals surface area contributed by atoms with Gasteiger partial charge in [0.05, 0.1) is 0 Å². The summed E-state index contributed by atoms with van der Waals surface area (Å²) in [6, 6.07) is 3.48. The quantitative estimate of drug-likeness (QED) is 0.394. The molecule has 0 saturated heterocycles. The van der Waals surface area contributed by atoms with Gasteiger partial charge in [0, 0.05) is 0 Å². The van der Waals surface area contributed by atoms with Gasteiger partial charge in [0.1, 0.15) is 0 Å². The minimum absolute atomic E-state index is 0.219. The van der Waals surface area contributed by atoms with Gasteiger partial charge < -0.3 is 0 Å². The maximum atomic E-state index is 14.1. The summed E-state index contributed by atoms with van der Waals surface area (Å²) < 4.78 is 57.8. The molecule has 1 aromatic carbocycles. The monoisotopic (exact) mass is 467 g/mol. The van der Waals surface area contributed by atoms with Gasteiger partial charge in [-0.3, -0.25) is 0 Å².